The highest BCUT2D eigenvalue weighted by Gasteiger charge is 2.39. The van der Waals surface area contributed by atoms with E-state index in [0.29, 0.717) is 29.4 Å². The summed E-state index contributed by atoms with van der Waals surface area (Å²) in [6.45, 7) is 25.2. The molecule has 276 valence electrons. The van der Waals surface area contributed by atoms with Gasteiger partial charge in [0.2, 0.25) is 0 Å². The van der Waals surface area contributed by atoms with Crippen LogP contribution in [0.5, 0.6) is 0 Å². The molecule has 0 N–H and O–H groups in total. The first kappa shape index (κ1) is 44.2. The number of hydrogen-bond donors (Lipinski definition) is 0. The van der Waals surface area contributed by atoms with Crippen molar-refractivity contribution in [3.05, 3.63) is 27.3 Å². The number of aldehydes is 1. The van der Waals surface area contributed by atoms with Crippen molar-refractivity contribution in [2.75, 3.05) is 32.1 Å². The number of nitrogens with zero attached hydrogens (tertiary/aromatic N) is 5. The molecule has 2 heterocycles. The summed E-state index contributed by atoms with van der Waals surface area (Å²) in [5.74, 6) is 0.259. The van der Waals surface area contributed by atoms with Crippen LogP contribution in [0.2, 0.25) is 0 Å². The first-order valence-corrected chi connectivity index (χ1v) is 19.4. The van der Waals surface area contributed by atoms with E-state index in [1.807, 2.05) is 33.8 Å². The molecule has 1 aromatic rings. The summed E-state index contributed by atoms with van der Waals surface area (Å²) in [5.41, 5.74) is 1.56. The molecule has 0 saturated heterocycles. The summed E-state index contributed by atoms with van der Waals surface area (Å²) < 4.78 is 0. The Bertz CT molecular complexity index is 1300. The van der Waals surface area contributed by atoms with E-state index in [-0.39, 0.29) is 22.3 Å². The molecule has 1 aliphatic heterocycles. The van der Waals surface area contributed by atoms with Crippen molar-refractivity contribution in [2.24, 2.45) is 17.3 Å². The second-order valence-corrected chi connectivity index (χ2v) is 16.7. The van der Waals surface area contributed by atoms with Crippen molar-refractivity contribution >= 4 is 40.6 Å². The van der Waals surface area contributed by atoms with Crippen molar-refractivity contribution in [1.82, 2.24) is 15.0 Å². The van der Waals surface area contributed by atoms with E-state index in [0.717, 1.165) is 59.3 Å². The van der Waals surface area contributed by atoms with Gasteiger partial charge < -0.3 is 9.69 Å². The molecule has 0 bridgehead atoms. The predicted molar refractivity (Wildman–Crippen MR) is 206 cm³/mol. The quantitative estimate of drug-likeness (QED) is 0.0908. The number of hydrazine groups is 1. The lowest BCUT2D eigenvalue weighted by atomic mass is 9.88. The summed E-state index contributed by atoms with van der Waals surface area (Å²) >= 11 is 1.65. The van der Waals surface area contributed by atoms with Gasteiger partial charge in [-0.1, -0.05) is 132 Å². The van der Waals surface area contributed by atoms with E-state index in [9.17, 15) is 19.6 Å². The lowest BCUT2D eigenvalue weighted by Crippen LogP contribution is -2.50. The number of carbonyl (C=O) groups is 3. The number of rotatable bonds is 17. The fourth-order valence-electron chi connectivity index (χ4n) is 5.75. The molecule has 1 aromatic heterocycles. The van der Waals surface area contributed by atoms with Crippen LogP contribution in [-0.4, -0.2) is 60.3 Å². The predicted octanol–water partition coefficient (Wildman–Crippen LogP) is 9.76. The van der Waals surface area contributed by atoms with Crippen molar-refractivity contribution < 1.29 is 14.4 Å². The topological polar surface area (TPSA) is 97.6 Å². The second-order valence-electron chi connectivity index (χ2n) is 15.7. The van der Waals surface area contributed by atoms with Crippen molar-refractivity contribution in [3.8, 4) is 6.07 Å². The average Bonchev–Trinajstić information content (AvgIpc) is 3.47. The van der Waals surface area contributed by atoms with E-state index in [4.69, 9.17) is 4.98 Å². The lowest BCUT2D eigenvalue weighted by molar-refractivity contribution is -0.155. The van der Waals surface area contributed by atoms with Gasteiger partial charge in [0.1, 0.15) is 17.9 Å². The van der Waals surface area contributed by atoms with Gasteiger partial charge in [-0.25, -0.2) is 15.0 Å². The van der Waals surface area contributed by atoms with E-state index >= 15 is 0 Å². The Labute approximate surface area is 303 Å². The molecule has 2 unspecified atom stereocenters. The first-order valence-electron chi connectivity index (χ1n) is 18.6. The van der Waals surface area contributed by atoms with Gasteiger partial charge in [-0.2, -0.15) is 5.26 Å². The van der Waals surface area contributed by atoms with E-state index in [1.165, 1.54) is 43.5 Å². The molecule has 0 radical (unpaired) electrons. The van der Waals surface area contributed by atoms with Crippen LogP contribution in [0.15, 0.2) is 16.7 Å². The fourth-order valence-corrected chi connectivity index (χ4v) is 6.99. The minimum Gasteiger partial charge on any atom is -0.348 e. The Morgan fingerprint density at radius 2 is 1.39 bits per heavy atom. The van der Waals surface area contributed by atoms with Gasteiger partial charge in [-0.05, 0) is 42.7 Å². The Balaban J connectivity index is 0.00000183. The molecular weight excluding hydrogens is 631 g/mol. The monoisotopic (exact) mass is 697 g/mol. The highest BCUT2D eigenvalue weighted by atomic mass is 32.1. The zero-order chi connectivity index (χ0) is 37.5. The second kappa shape index (κ2) is 20.7. The van der Waals surface area contributed by atoms with Gasteiger partial charge in [0.25, 0.3) is 11.8 Å². The molecule has 0 fully saturated rings. The Morgan fingerprint density at radius 1 is 0.878 bits per heavy atom. The van der Waals surface area contributed by atoms with E-state index in [2.05, 4.69) is 59.4 Å². The number of carbonyl (C=O) groups excluding carboxylic acids is 3. The summed E-state index contributed by atoms with van der Waals surface area (Å²) in [6.07, 6.45) is 13.6. The smallest absolute Gasteiger partial charge is 0.286 e. The number of anilines is 1. The zero-order valence-electron chi connectivity index (χ0n) is 33.2. The minimum absolute atomic E-state index is 0.0495. The van der Waals surface area contributed by atoms with Gasteiger partial charge >= 0.3 is 0 Å². The molecular formula is C40H67N5O3S. The largest absolute Gasteiger partial charge is 0.348 e. The number of thiazole rings is 1. The van der Waals surface area contributed by atoms with Crippen LogP contribution in [0.1, 0.15) is 151 Å². The maximum absolute atomic E-state index is 13.8. The third-order valence-electron chi connectivity index (χ3n) is 8.76. The number of hydrogen-bond acceptors (Lipinski definition) is 8. The van der Waals surface area contributed by atoms with Gasteiger partial charge in [-0.3, -0.25) is 9.59 Å². The van der Waals surface area contributed by atoms with Gasteiger partial charge in [0, 0.05) is 43.6 Å². The fraction of sp³-hybridized carbons (Fsp3) is 0.725. The molecule has 0 saturated carbocycles. The van der Waals surface area contributed by atoms with Crippen LogP contribution < -0.4 is 4.90 Å². The number of amides is 2. The van der Waals surface area contributed by atoms with E-state index in [1.54, 1.807) is 25.4 Å². The maximum atomic E-state index is 13.8. The Morgan fingerprint density at radius 3 is 1.76 bits per heavy atom. The lowest BCUT2D eigenvalue weighted by Gasteiger charge is -2.32. The normalized spacial score (nSPS) is 16.1. The summed E-state index contributed by atoms with van der Waals surface area (Å²) in [7, 11) is 3.31. The minimum atomic E-state index is -0.555. The van der Waals surface area contributed by atoms with Gasteiger partial charge in [0.15, 0.2) is 5.13 Å². The van der Waals surface area contributed by atoms with Crippen molar-refractivity contribution in [1.29, 1.82) is 5.26 Å². The number of aromatic nitrogens is 1. The molecule has 8 nitrogen and oxygen atoms in total. The third kappa shape index (κ3) is 13.4. The summed E-state index contributed by atoms with van der Waals surface area (Å²) in [5, 5.41) is 13.5. The highest BCUT2D eigenvalue weighted by Crippen LogP contribution is 2.39. The molecule has 49 heavy (non-hydrogen) atoms. The summed E-state index contributed by atoms with van der Waals surface area (Å²) in [6, 6.07) is 2.12. The molecule has 0 aliphatic carbocycles. The maximum Gasteiger partial charge on any atom is 0.286 e. The molecule has 1 aliphatic rings. The standard InChI is InChI=1S/C35H57N5O2S.C5H10O/c1-11-16-19-25(14-4)23-39(24-26(15-5)20-17-12-2)34-37-31(35(6,7)8)30(43-34)21-28-27(18-13-3)29(22-36)33(42)40(32(28)41)38(9)10;1-5(2,3)4-6/h21,25-26H,11-20,23-24H2,1-10H3;4H,1-3H3/b28-21-;. The van der Waals surface area contributed by atoms with Crippen molar-refractivity contribution in [2.45, 2.75) is 146 Å². The molecule has 9 heteroatoms. The molecule has 2 atom stereocenters. The van der Waals surface area contributed by atoms with Crippen LogP contribution >= 0.6 is 11.3 Å². The van der Waals surface area contributed by atoms with Crippen molar-refractivity contribution in [3.63, 3.8) is 0 Å². The van der Waals surface area contributed by atoms with Gasteiger partial charge in [0.05, 0.1) is 10.6 Å². The number of imide groups is 1. The van der Waals surface area contributed by atoms with Gasteiger partial charge in [-0.15, -0.1) is 0 Å². The summed E-state index contributed by atoms with van der Waals surface area (Å²) in [4.78, 5) is 45.6. The van der Waals surface area contributed by atoms with Crippen LogP contribution in [-0.2, 0) is 19.8 Å². The van der Waals surface area contributed by atoms with Crippen LogP contribution in [0.3, 0.4) is 0 Å². The van der Waals surface area contributed by atoms with Crippen LogP contribution in [0.25, 0.3) is 6.08 Å². The van der Waals surface area contributed by atoms with E-state index < -0.39 is 5.91 Å². The molecule has 2 rings (SSSR count). The third-order valence-corrected chi connectivity index (χ3v) is 9.83. The first-order chi connectivity index (χ1) is 22.9. The highest BCUT2D eigenvalue weighted by molar-refractivity contribution is 7.16. The number of unbranched alkanes of at least 4 members (excludes halogenated alkanes) is 2. The Kier molecular flexibility index (Phi) is 18.7. The SMILES string of the molecule is CC(C)(C)C=O.CCCCC(CC)CN(CC(CC)CCCC)c1nc(C(C)(C)C)c(/C=C2\C(=O)N(N(C)C)C(=O)C(C#N)=C2CCC)s1. The van der Waals surface area contributed by atoms with Crippen LogP contribution in [0.4, 0.5) is 5.13 Å². The van der Waals surface area contributed by atoms with Crippen LogP contribution in [0, 0.1) is 28.6 Å². The molecule has 0 spiro atoms. The Hall–Kier alpha value is -2.83. The molecule has 2 amide bonds. The zero-order valence-corrected chi connectivity index (χ0v) is 34.0. The average molecular weight is 698 g/mol. The molecule has 0 aromatic carbocycles. The number of nitriles is 1.